The lowest BCUT2D eigenvalue weighted by Gasteiger charge is -2.31. The molecule has 1 saturated heterocycles. The maximum absolute atomic E-state index is 10.9. The van der Waals surface area contributed by atoms with E-state index in [1.807, 2.05) is 19.1 Å². The number of hydrogen-bond donors (Lipinski definition) is 1. The van der Waals surface area contributed by atoms with Gasteiger partial charge in [0.05, 0.1) is 25.4 Å². The van der Waals surface area contributed by atoms with Crippen LogP contribution in [0.15, 0.2) is 36.0 Å². The Morgan fingerprint density at radius 1 is 1.28 bits per heavy atom. The summed E-state index contributed by atoms with van der Waals surface area (Å²) in [6, 6.07) is 0.499. The predicted molar refractivity (Wildman–Crippen MR) is 105 cm³/mol. The van der Waals surface area contributed by atoms with Gasteiger partial charge in [-0.2, -0.15) is 0 Å². The highest BCUT2D eigenvalue weighted by Gasteiger charge is 2.22. The summed E-state index contributed by atoms with van der Waals surface area (Å²) in [5.74, 6) is 0. The second kappa shape index (κ2) is 12.4. The number of nitrogens with zero attached hydrogens (tertiary/aromatic N) is 1. The van der Waals surface area contributed by atoms with Gasteiger partial charge in [0.25, 0.3) is 0 Å². The molecule has 0 aromatic rings. The number of hydrogen-bond acceptors (Lipinski definition) is 4. The molecule has 1 aliphatic heterocycles. The first-order chi connectivity index (χ1) is 12.0. The number of aliphatic hydroxyl groups is 1. The Morgan fingerprint density at radius 3 is 2.64 bits per heavy atom. The van der Waals surface area contributed by atoms with Crippen LogP contribution in [0.1, 0.15) is 46.5 Å². The van der Waals surface area contributed by atoms with Crippen LogP contribution in [0.25, 0.3) is 0 Å². The van der Waals surface area contributed by atoms with E-state index in [2.05, 4.69) is 37.0 Å². The Balaban J connectivity index is 2.64. The number of ether oxygens (including phenoxy) is 2. The molecule has 1 N–H and O–H groups in total. The highest BCUT2D eigenvalue weighted by atomic mass is 16.5. The van der Waals surface area contributed by atoms with Crippen molar-refractivity contribution in [3.63, 3.8) is 0 Å². The van der Waals surface area contributed by atoms with E-state index in [0.29, 0.717) is 19.1 Å². The lowest BCUT2D eigenvalue weighted by atomic mass is 9.90. The quantitative estimate of drug-likeness (QED) is 0.455. The van der Waals surface area contributed by atoms with E-state index in [9.17, 15) is 5.11 Å². The monoisotopic (exact) mass is 351 g/mol. The van der Waals surface area contributed by atoms with Crippen LogP contribution in [-0.2, 0) is 9.47 Å². The van der Waals surface area contributed by atoms with Gasteiger partial charge in [-0.15, -0.1) is 0 Å². The van der Waals surface area contributed by atoms with Gasteiger partial charge < -0.3 is 14.6 Å². The zero-order chi connectivity index (χ0) is 18.5. The van der Waals surface area contributed by atoms with Gasteiger partial charge in [0.15, 0.2) is 0 Å². The Bertz CT molecular complexity index is 434. The molecule has 4 heteroatoms. The summed E-state index contributed by atoms with van der Waals surface area (Å²) < 4.78 is 10.4. The van der Waals surface area contributed by atoms with Gasteiger partial charge in [0.1, 0.15) is 0 Å². The third kappa shape index (κ3) is 8.82. The van der Waals surface area contributed by atoms with Gasteiger partial charge >= 0.3 is 0 Å². The van der Waals surface area contributed by atoms with Crippen LogP contribution in [0, 0.1) is 0 Å². The van der Waals surface area contributed by atoms with Crippen molar-refractivity contribution in [3.05, 3.63) is 36.0 Å². The summed E-state index contributed by atoms with van der Waals surface area (Å²) >= 11 is 0. The second-order valence-electron chi connectivity index (χ2n) is 6.99. The average Bonchev–Trinajstić information content (AvgIpc) is 2.62. The molecule has 0 aromatic carbocycles. The van der Waals surface area contributed by atoms with Crippen LogP contribution in [0.5, 0.6) is 0 Å². The van der Waals surface area contributed by atoms with Gasteiger partial charge in [0.2, 0.25) is 0 Å². The van der Waals surface area contributed by atoms with Gasteiger partial charge in [0, 0.05) is 26.2 Å². The predicted octanol–water partition coefficient (Wildman–Crippen LogP) is 3.72. The van der Waals surface area contributed by atoms with Crippen LogP contribution in [0.3, 0.4) is 0 Å². The van der Waals surface area contributed by atoms with Crippen LogP contribution < -0.4 is 0 Å². The molecule has 144 valence electrons. The maximum Gasteiger partial charge on any atom is 0.0899 e. The molecule has 0 aromatic heterocycles. The van der Waals surface area contributed by atoms with Crippen LogP contribution in [-0.4, -0.2) is 61.7 Å². The summed E-state index contributed by atoms with van der Waals surface area (Å²) in [5.41, 5.74) is 0.156. The highest BCUT2D eigenvalue weighted by Crippen LogP contribution is 2.24. The standard InChI is InChI=1S/C21H37NO3/c1-5-6-11-20(21(3,23)13-7-8-16-24-4)12-9-10-19(2)22-14-17-25-18-15-22/h7-9,11-12,19,23H,5-6,10,13-18H2,1-4H3/b8-7-,12-9-,20-11+. The molecule has 25 heavy (non-hydrogen) atoms. The number of allylic oxidation sites excluding steroid dienone is 1. The zero-order valence-corrected chi connectivity index (χ0v) is 16.5. The molecule has 2 atom stereocenters. The summed E-state index contributed by atoms with van der Waals surface area (Å²) in [6.45, 7) is 10.6. The third-order valence-electron chi connectivity index (χ3n) is 4.66. The molecule has 0 aliphatic carbocycles. The molecule has 0 saturated carbocycles. The Labute approximate surface area is 154 Å². The Hall–Kier alpha value is -0.940. The van der Waals surface area contributed by atoms with Gasteiger partial charge in [-0.3, -0.25) is 4.90 Å². The topological polar surface area (TPSA) is 41.9 Å². The van der Waals surface area contributed by atoms with E-state index in [-0.39, 0.29) is 0 Å². The fourth-order valence-corrected chi connectivity index (χ4v) is 2.92. The second-order valence-corrected chi connectivity index (χ2v) is 6.99. The van der Waals surface area contributed by atoms with E-state index >= 15 is 0 Å². The van der Waals surface area contributed by atoms with Crippen molar-refractivity contribution >= 4 is 0 Å². The average molecular weight is 352 g/mol. The van der Waals surface area contributed by atoms with Crippen LogP contribution >= 0.6 is 0 Å². The van der Waals surface area contributed by atoms with Crippen molar-refractivity contribution in [2.45, 2.75) is 58.1 Å². The van der Waals surface area contributed by atoms with E-state index in [0.717, 1.165) is 51.1 Å². The minimum Gasteiger partial charge on any atom is -0.385 e. The van der Waals surface area contributed by atoms with E-state index in [1.54, 1.807) is 7.11 Å². The first-order valence-electron chi connectivity index (χ1n) is 9.56. The Morgan fingerprint density at radius 2 is 2.00 bits per heavy atom. The van der Waals surface area contributed by atoms with Crippen molar-refractivity contribution in [2.75, 3.05) is 40.0 Å². The molecule has 1 heterocycles. The number of unbranched alkanes of at least 4 members (excludes halogenated alkanes) is 1. The molecular weight excluding hydrogens is 314 g/mol. The summed E-state index contributed by atoms with van der Waals surface area (Å²) in [4.78, 5) is 2.47. The molecule has 0 spiro atoms. The number of methoxy groups -OCH3 is 1. The van der Waals surface area contributed by atoms with E-state index in [1.165, 1.54) is 0 Å². The normalized spacial score (nSPS) is 21.1. The lowest BCUT2D eigenvalue weighted by molar-refractivity contribution is 0.0208. The van der Waals surface area contributed by atoms with Crippen molar-refractivity contribution in [2.24, 2.45) is 0 Å². The Kier molecular flexibility index (Phi) is 11.0. The fraction of sp³-hybridized carbons (Fsp3) is 0.714. The van der Waals surface area contributed by atoms with Gasteiger partial charge in [-0.25, -0.2) is 0 Å². The molecule has 0 bridgehead atoms. The fourth-order valence-electron chi connectivity index (χ4n) is 2.92. The molecule has 1 fully saturated rings. The largest absolute Gasteiger partial charge is 0.385 e. The van der Waals surface area contributed by atoms with Crippen molar-refractivity contribution in [1.82, 2.24) is 4.90 Å². The molecule has 0 radical (unpaired) electrons. The first kappa shape index (κ1) is 22.1. The molecule has 1 aliphatic rings. The highest BCUT2D eigenvalue weighted by molar-refractivity contribution is 5.29. The number of morpholine rings is 1. The molecule has 1 rings (SSSR count). The van der Waals surface area contributed by atoms with Gasteiger partial charge in [-0.1, -0.05) is 43.7 Å². The van der Waals surface area contributed by atoms with Gasteiger partial charge in [-0.05, 0) is 38.7 Å². The van der Waals surface area contributed by atoms with Crippen molar-refractivity contribution < 1.29 is 14.6 Å². The van der Waals surface area contributed by atoms with Crippen molar-refractivity contribution in [1.29, 1.82) is 0 Å². The summed E-state index contributed by atoms with van der Waals surface area (Å²) in [6.07, 6.45) is 14.1. The first-order valence-corrected chi connectivity index (χ1v) is 9.56. The van der Waals surface area contributed by atoms with E-state index in [4.69, 9.17) is 9.47 Å². The smallest absolute Gasteiger partial charge is 0.0899 e. The lowest BCUT2D eigenvalue weighted by Crippen LogP contribution is -2.41. The van der Waals surface area contributed by atoms with E-state index < -0.39 is 5.60 Å². The minimum absolute atomic E-state index is 0.499. The van der Waals surface area contributed by atoms with Crippen LogP contribution in [0.4, 0.5) is 0 Å². The maximum atomic E-state index is 10.9. The van der Waals surface area contributed by atoms with Crippen LogP contribution in [0.2, 0.25) is 0 Å². The zero-order valence-electron chi connectivity index (χ0n) is 16.5. The SMILES string of the molecule is CCC/C=C(\C=C/CC(C)N1CCOCC1)C(C)(O)C/C=C\COC. The minimum atomic E-state index is -0.849. The molecule has 0 amide bonds. The van der Waals surface area contributed by atoms with Crippen molar-refractivity contribution in [3.8, 4) is 0 Å². The number of rotatable bonds is 11. The molecule has 4 nitrogen and oxygen atoms in total. The third-order valence-corrected chi connectivity index (χ3v) is 4.66. The summed E-state index contributed by atoms with van der Waals surface area (Å²) in [5, 5.41) is 10.9. The molecule has 2 unspecified atom stereocenters. The summed E-state index contributed by atoms with van der Waals surface area (Å²) in [7, 11) is 1.67. The molecular formula is C21H37NO3.